The summed E-state index contributed by atoms with van der Waals surface area (Å²) in [4.78, 5) is 0. The van der Waals surface area contributed by atoms with Crippen molar-refractivity contribution in [1.82, 2.24) is 0 Å². The number of hydrogen-bond donors (Lipinski definition) is 1. The Morgan fingerprint density at radius 2 is 1.89 bits per heavy atom. The number of aliphatic hydroxyl groups is 1. The normalized spacial score (nSPS) is 10.4. The molecule has 0 atom stereocenters. The Hall–Kier alpha value is -1.65. The highest BCUT2D eigenvalue weighted by atomic mass is 35.5. The van der Waals surface area contributed by atoms with Crippen molar-refractivity contribution in [2.24, 2.45) is 0 Å². The van der Waals surface area contributed by atoms with E-state index in [2.05, 4.69) is 0 Å². The molecule has 5 heteroatoms. The summed E-state index contributed by atoms with van der Waals surface area (Å²) in [5.41, 5.74) is 0.409. The van der Waals surface area contributed by atoms with Gasteiger partial charge in [0.1, 0.15) is 0 Å². The highest BCUT2D eigenvalue weighted by Gasteiger charge is 2.11. The van der Waals surface area contributed by atoms with Crippen molar-refractivity contribution in [3.63, 3.8) is 0 Å². The monoisotopic (exact) mass is 270 g/mol. The van der Waals surface area contributed by atoms with E-state index in [1.165, 1.54) is 30.3 Å². The summed E-state index contributed by atoms with van der Waals surface area (Å²) in [6, 6.07) is 8.15. The zero-order chi connectivity index (χ0) is 13.1. The minimum absolute atomic E-state index is 0.0973. The molecule has 0 amide bonds. The summed E-state index contributed by atoms with van der Waals surface area (Å²) in [6.07, 6.45) is 0. The average Bonchev–Trinajstić information content (AvgIpc) is 2.37. The molecule has 0 unspecified atom stereocenters. The molecule has 2 aromatic carbocycles. The fraction of sp³-hybridized carbons (Fsp3) is 0.0769. The second-order valence-electron chi connectivity index (χ2n) is 3.58. The number of hydrogen-bond acceptors (Lipinski definition) is 2. The van der Waals surface area contributed by atoms with Gasteiger partial charge in [0, 0.05) is 0 Å². The number of halogens is 3. The second kappa shape index (κ2) is 5.33. The zero-order valence-corrected chi connectivity index (χ0v) is 9.92. The minimum atomic E-state index is -0.746. The summed E-state index contributed by atoms with van der Waals surface area (Å²) >= 11 is 5.59. The van der Waals surface area contributed by atoms with E-state index >= 15 is 0 Å². The van der Waals surface area contributed by atoms with Crippen LogP contribution in [0.4, 0.5) is 8.78 Å². The molecule has 0 aliphatic rings. The number of ether oxygens (including phenoxy) is 1. The molecule has 0 radical (unpaired) electrons. The van der Waals surface area contributed by atoms with Gasteiger partial charge in [-0.05, 0) is 29.8 Å². The van der Waals surface area contributed by atoms with Crippen LogP contribution in [0, 0.1) is 11.6 Å². The molecule has 1 N–H and O–H groups in total. The van der Waals surface area contributed by atoms with E-state index in [-0.39, 0.29) is 23.1 Å². The molecule has 94 valence electrons. The van der Waals surface area contributed by atoms with E-state index in [1.807, 2.05) is 0 Å². The summed E-state index contributed by atoms with van der Waals surface area (Å²) in [5.74, 6) is -1.71. The van der Waals surface area contributed by atoms with E-state index in [9.17, 15) is 8.78 Å². The first-order chi connectivity index (χ1) is 8.61. The molecule has 0 saturated heterocycles. The Morgan fingerprint density at radius 3 is 2.56 bits per heavy atom. The Kier molecular flexibility index (Phi) is 3.79. The fourth-order valence-electron chi connectivity index (χ4n) is 1.41. The Balaban J connectivity index is 2.31. The van der Waals surface area contributed by atoms with E-state index in [0.29, 0.717) is 5.56 Å². The molecular formula is C13H9ClF2O2. The van der Waals surface area contributed by atoms with Gasteiger partial charge in [-0.2, -0.15) is 0 Å². The van der Waals surface area contributed by atoms with Gasteiger partial charge in [-0.15, -0.1) is 0 Å². The second-order valence-corrected chi connectivity index (χ2v) is 3.98. The van der Waals surface area contributed by atoms with E-state index in [0.717, 1.165) is 6.07 Å². The van der Waals surface area contributed by atoms with Gasteiger partial charge in [0.25, 0.3) is 0 Å². The van der Waals surface area contributed by atoms with Crippen LogP contribution >= 0.6 is 11.6 Å². The summed E-state index contributed by atoms with van der Waals surface area (Å²) in [5, 5.41) is 8.74. The van der Waals surface area contributed by atoms with Crippen LogP contribution < -0.4 is 4.74 Å². The molecule has 2 rings (SSSR count). The van der Waals surface area contributed by atoms with Crippen molar-refractivity contribution in [2.75, 3.05) is 0 Å². The molecular weight excluding hydrogens is 262 g/mol. The summed E-state index contributed by atoms with van der Waals surface area (Å²) in [6.45, 7) is -0.275. The first-order valence-electron chi connectivity index (χ1n) is 5.13. The van der Waals surface area contributed by atoms with Gasteiger partial charge < -0.3 is 9.84 Å². The van der Waals surface area contributed by atoms with Gasteiger partial charge in [-0.1, -0.05) is 23.7 Å². The Labute approximate surface area is 107 Å². The largest absolute Gasteiger partial charge is 0.451 e. The maximum atomic E-state index is 13.6. The molecule has 0 saturated carbocycles. The van der Waals surface area contributed by atoms with E-state index < -0.39 is 11.6 Å². The van der Waals surface area contributed by atoms with Gasteiger partial charge >= 0.3 is 0 Å². The topological polar surface area (TPSA) is 29.5 Å². The van der Waals surface area contributed by atoms with E-state index in [1.54, 1.807) is 0 Å². The van der Waals surface area contributed by atoms with Crippen LogP contribution in [-0.2, 0) is 6.61 Å². The third-order valence-corrected chi connectivity index (χ3v) is 2.61. The first kappa shape index (κ1) is 12.8. The van der Waals surface area contributed by atoms with Crippen molar-refractivity contribution >= 4 is 11.6 Å². The lowest BCUT2D eigenvalue weighted by Gasteiger charge is -2.09. The van der Waals surface area contributed by atoms with Crippen molar-refractivity contribution in [3.8, 4) is 11.5 Å². The Morgan fingerprint density at radius 1 is 1.11 bits per heavy atom. The summed E-state index contributed by atoms with van der Waals surface area (Å²) < 4.78 is 32.2. The highest BCUT2D eigenvalue weighted by molar-refractivity contribution is 6.30. The molecule has 0 aliphatic heterocycles. The van der Waals surface area contributed by atoms with E-state index in [4.69, 9.17) is 21.4 Å². The van der Waals surface area contributed by atoms with Crippen LogP contribution in [0.25, 0.3) is 0 Å². The summed E-state index contributed by atoms with van der Waals surface area (Å²) in [7, 11) is 0. The standard InChI is InChI=1S/C13H9ClF2O2/c14-9-2-1-3-12(13(9)16)18-11-5-4-8(7-17)6-10(11)15/h1-6,17H,7H2. The van der Waals surface area contributed by atoms with Crippen molar-refractivity contribution in [2.45, 2.75) is 6.61 Å². The lowest BCUT2D eigenvalue weighted by atomic mass is 10.2. The third-order valence-electron chi connectivity index (χ3n) is 2.31. The van der Waals surface area contributed by atoms with Crippen molar-refractivity contribution in [3.05, 3.63) is 58.6 Å². The Bertz CT molecular complexity index is 573. The van der Waals surface area contributed by atoms with Crippen LogP contribution in [0.3, 0.4) is 0 Å². The molecule has 18 heavy (non-hydrogen) atoms. The van der Waals surface area contributed by atoms with Crippen LogP contribution in [-0.4, -0.2) is 5.11 Å². The molecule has 0 bridgehead atoms. The molecule has 0 fully saturated rings. The van der Waals surface area contributed by atoms with Crippen LogP contribution in [0.1, 0.15) is 5.56 Å². The molecule has 0 spiro atoms. The maximum Gasteiger partial charge on any atom is 0.184 e. The van der Waals surface area contributed by atoms with Crippen molar-refractivity contribution < 1.29 is 18.6 Å². The average molecular weight is 271 g/mol. The van der Waals surface area contributed by atoms with Gasteiger partial charge in [0.2, 0.25) is 0 Å². The van der Waals surface area contributed by atoms with Crippen molar-refractivity contribution in [1.29, 1.82) is 0 Å². The smallest absolute Gasteiger partial charge is 0.184 e. The van der Waals surface area contributed by atoms with Gasteiger partial charge in [0.05, 0.1) is 11.6 Å². The number of aliphatic hydroxyl groups excluding tert-OH is 1. The fourth-order valence-corrected chi connectivity index (χ4v) is 1.57. The quantitative estimate of drug-likeness (QED) is 0.916. The minimum Gasteiger partial charge on any atom is -0.451 e. The lowest BCUT2D eigenvalue weighted by molar-refractivity contribution is 0.281. The number of rotatable bonds is 3. The molecule has 0 aliphatic carbocycles. The zero-order valence-electron chi connectivity index (χ0n) is 9.16. The van der Waals surface area contributed by atoms with Gasteiger partial charge in [0.15, 0.2) is 23.1 Å². The van der Waals surface area contributed by atoms with Gasteiger partial charge in [-0.3, -0.25) is 0 Å². The molecule has 0 aromatic heterocycles. The lowest BCUT2D eigenvalue weighted by Crippen LogP contribution is -1.93. The first-order valence-corrected chi connectivity index (χ1v) is 5.50. The molecule has 0 heterocycles. The molecule has 2 aromatic rings. The predicted molar refractivity (Wildman–Crippen MR) is 63.8 cm³/mol. The maximum absolute atomic E-state index is 13.6. The highest BCUT2D eigenvalue weighted by Crippen LogP contribution is 2.30. The van der Waals surface area contributed by atoms with Gasteiger partial charge in [-0.25, -0.2) is 8.78 Å². The van der Waals surface area contributed by atoms with Crippen LogP contribution in [0.2, 0.25) is 5.02 Å². The SMILES string of the molecule is OCc1ccc(Oc2cccc(Cl)c2F)c(F)c1. The molecule has 2 nitrogen and oxygen atoms in total. The van der Waals surface area contributed by atoms with Crippen LogP contribution in [0.5, 0.6) is 11.5 Å². The predicted octanol–water partition coefficient (Wildman–Crippen LogP) is 3.90. The number of benzene rings is 2. The van der Waals surface area contributed by atoms with Crippen LogP contribution in [0.15, 0.2) is 36.4 Å². The third kappa shape index (κ3) is 2.60.